The number of amides is 1. The summed E-state index contributed by atoms with van der Waals surface area (Å²) in [7, 11) is 1.82. The summed E-state index contributed by atoms with van der Waals surface area (Å²) in [6.45, 7) is 1.68. The molecule has 0 saturated heterocycles. The van der Waals surface area contributed by atoms with Crippen LogP contribution < -0.4 is 0 Å². The van der Waals surface area contributed by atoms with Gasteiger partial charge in [-0.25, -0.2) is 4.98 Å². The normalized spacial score (nSPS) is 16.6. The highest BCUT2D eigenvalue weighted by Gasteiger charge is 2.22. The third-order valence-corrected chi connectivity index (χ3v) is 4.17. The minimum Gasteiger partial charge on any atom is -0.341 e. The summed E-state index contributed by atoms with van der Waals surface area (Å²) in [5.41, 5.74) is 1.08. The lowest BCUT2D eigenvalue weighted by Crippen LogP contribution is -2.35. The van der Waals surface area contributed by atoms with E-state index in [1.807, 2.05) is 19.4 Å². The molecular weight excluding hydrogens is 276 g/mol. The maximum absolute atomic E-state index is 12.5. The zero-order valence-electron chi connectivity index (χ0n) is 12.6. The number of hydrogen-bond donors (Lipinski definition) is 0. The van der Waals surface area contributed by atoms with Crippen molar-refractivity contribution >= 4 is 5.91 Å². The Balaban J connectivity index is 1.66. The van der Waals surface area contributed by atoms with Crippen LogP contribution in [0.3, 0.4) is 0 Å². The fourth-order valence-electron chi connectivity index (χ4n) is 2.98. The van der Waals surface area contributed by atoms with Gasteiger partial charge in [0.15, 0.2) is 0 Å². The first-order valence-electron chi connectivity index (χ1n) is 7.43. The third kappa shape index (κ3) is 2.86. The van der Waals surface area contributed by atoms with Crippen LogP contribution in [0.4, 0.5) is 0 Å². The number of rotatable bonds is 3. The van der Waals surface area contributed by atoms with Crippen molar-refractivity contribution in [1.82, 2.24) is 14.5 Å². The quantitative estimate of drug-likeness (QED) is 0.871. The molecule has 3 rings (SSSR count). The molecule has 22 heavy (non-hydrogen) atoms. The monoisotopic (exact) mass is 294 g/mol. The van der Waals surface area contributed by atoms with E-state index in [0.717, 1.165) is 25.2 Å². The lowest BCUT2D eigenvalue weighted by atomic mass is 9.97. The van der Waals surface area contributed by atoms with E-state index in [1.165, 1.54) is 0 Å². The molecule has 1 aromatic carbocycles. The highest BCUT2D eigenvalue weighted by Crippen LogP contribution is 2.20. The summed E-state index contributed by atoms with van der Waals surface area (Å²) in [5, 5.41) is 8.93. The number of nitriles is 1. The van der Waals surface area contributed by atoms with Crippen molar-refractivity contribution in [2.24, 2.45) is 5.92 Å². The molecule has 0 unspecified atom stereocenters. The fourth-order valence-corrected chi connectivity index (χ4v) is 2.98. The number of nitrogens with zero attached hydrogens (tertiary/aromatic N) is 4. The number of carbonyl (C=O) groups excluding carboxylic acids is 1. The minimum absolute atomic E-state index is 0.0361. The van der Waals surface area contributed by atoms with Crippen molar-refractivity contribution in [1.29, 1.82) is 5.26 Å². The molecule has 0 aliphatic carbocycles. The molecular formula is C17H18N4O. The van der Waals surface area contributed by atoms with E-state index in [-0.39, 0.29) is 5.91 Å². The van der Waals surface area contributed by atoms with Gasteiger partial charge in [0.1, 0.15) is 5.82 Å². The molecule has 1 amide bonds. The molecule has 0 saturated carbocycles. The van der Waals surface area contributed by atoms with Crippen LogP contribution in [-0.4, -0.2) is 34.0 Å². The van der Waals surface area contributed by atoms with Crippen LogP contribution in [0.25, 0.3) is 0 Å². The molecule has 5 heteroatoms. The number of aryl methyl sites for hydroxylation is 1. The summed E-state index contributed by atoms with van der Waals surface area (Å²) in [6, 6.07) is 8.92. The smallest absolute Gasteiger partial charge is 0.253 e. The predicted octanol–water partition coefficient (Wildman–Crippen LogP) is 2.09. The van der Waals surface area contributed by atoms with E-state index in [2.05, 4.69) is 15.6 Å². The van der Waals surface area contributed by atoms with Gasteiger partial charge in [0.2, 0.25) is 0 Å². The molecule has 1 aromatic heterocycles. The Hall–Kier alpha value is -2.61. The van der Waals surface area contributed by atoms with E-state index in [0.29, 0.717) is 23.6 Å². The zero-order chi connectivity index (χ0) is 15.5. The highest BCUT2D eigenvalue weighted by molar-refractivity contribution is 5.94. The molecule has 5 nitrogen and oxygen atoms in total. The van der Waals surface area contributed by atoms with Crippen LogP contribution >= 0.6 is 0 Å². The second-order valence-electron chi connectivity index (χ2n) is 5.77. The van der Waals surface area contributed by atoms with Crippen LogP contribution in [0.2, 0.25) is 0 Å². The van der Waals surface area contributed by atoms with Crippen molar-refractivity contribution in [3.05, 3.63) is 53.6 Å². The van der Waals surface area contributed by atoms with Gasteiger partial charge in [-0.2, -0.15) is 5.26 Å². The molecule has 0 radical (unpaired) electrons. The van der Waals surface area contributed by atoms with E-state index in [9.17, 15) is 4.79 Å². The average molecular weight is 294 g/mol. The number of hydrogen-bond acceptors (Lipinski definition) is 3. The maximum Gasteiger partial charge on any atom is 0.253 e. The van der Waals surface area contributed by atoms with E-state index in [1.54, 1.807) is 29.2 Å². The lowest BCUT2D eigenvalue weighted by Gasteiger charge is -2.28. The van der Waals surface area contributed by atoms with Gasteiger partial charge in [0.25, 0.3) is 5.91 Å². The number of imidazole rings is 1. The van der Waals surface area contributed by atoms with Crippen molar-refractivity contribution in [2.75, 3.05) is 13.6 Å². The van der Waals surface area contributed by atoms with E-state index >= 15 is 0 Å². The lowest BCUT2D eigenvalue weighted by molar-refractivity contribution is 0.0764. The summed E-state index contributed by atoms with van der Waals surface area (Å²) in [5.74, 6) is 1.50. The minimum atomic E-state index is -0.0361. The highest BCUT2D eigenvalue weighted by atomic mass is 16.2. The van der Waals surface area contributed by atoms with Crippen molar-refractivity contribution in [3.63, 3.8) is 0 Å². The summed E-state index contributed by atoms with van der Waals surface area (Å²) in [4.78, 5) is 18.6. The fraction of sp³-hybridized carbons (Fsp3) is 0.353. The molecule has 2 aromatic rings. The first kappa shape index (κ1) is 14.3. The van der Waals surface area contributed by atoms with Gasteiger partial charge >= 0.3 is 0 Å². The first-order valence-corrected chi connectivity index (χ1v) is 7.43. The average Bonchev–Trinajstić information content (AvgIpc) is 3.01. The van der Waals surface area contributed by atoms with Gasteiger partial charge in [0.05, 0.1) is 11.6 Å². The zero-order valence-corrected chi connectivity index (χ0v) is 12.6. The number of aromatic nitrogens is 2. The predicted molar refractivity (Wildman–Crippen MR) is 82.2 cm³/mol. The molecule has 1 atom stereocenters. The Morgan fingerprint density at radius 1 is 1.55 bits per heavy atom. The Bertz CT molecular complexity index is 728. The summed E-state index contributed by atoms with van der Waals surface area (Å²) >= 11 is 0. The summed E-state index contributed by atoms with van der Waals surface area (Å²) in [6.07, 6.45) is 5.80. The molecule has 0 fully saturated rings. The van der Waals surface area contributed by atoms with Crippen LogP contribution in [0.1, 0.15) is 28.2 Å². The van der Waals surface area contributed by atoms with Gasteiger partial charge in [-0.15, -0.1) is 0 Å². The molecule has 2 heterocycles. The number of carbonyl (C=O) groups is 1. The van der Waals surface area contributed by atoms with Crippen LogP contribution in [0, 0.1) is 17.2 Å². The van der Waals surface area contributed by atoms with Gasteiger partial charge in [-0.3, -0.25) is 4.79 Å². The van der Waals surface area contributed by atoms with Gasteiger partial charge < -0.3 is 9.47 Å². The summed E-state index contributed by atoms with van der Waals surface area (Å²) < 4.78 is 2.18. The molecule has 0 spiro atoms. The van der Waals surface area contributed by atoms with Gasteiger partial charge in [0, 0.05) is 44.5 Å². The Labute approximate surface area is 129 Å². The molecule has 0 N–H and O–H groups in total. The second-order valence-corrected chi connectivity index (χ2v) is 5.77. The maximum atomic E-state index is 12.5. The first-order chi connectivity index (χ1) is 10.7. The molecule has 1 aliphatic heterocycles. The standard InChI is InChI=1S/C17H18N4O/c1-20(17(22)15-4-2-3-13(9-15)11-18)12-14-5-7-21-8-6-19-16(21)10-14/h2-4,6,8-9,14H,5,7,10,12H2,1H3/t14-/m0/s1. The van der Waals surface area contributed by atoms with Crippen LogP contribution in [0.15, 0.2) is 36.7 Å². The van der Waals surface area contributed by atoms with E-state index in [4.69, 9.17) is 5.26 Å². The largest absolute Gasteiger partial charge is 0.341 e. The van der Waals surface area contributed by atoms with Gasteiger partial charge in [-0.1, -0.05) is 6.07 Å². The van der Waals surface area contributed by atoms with E-state index < -0.39 is 0 Å². The Morgan fingerprint density at radius 3 is 3.23 bits per heavy atom. The topological polar surface area (TPSA) is 61.9 Å². The van der Waals surface area contributed by atoms with Crippen molar-refractivity contribution in [2.45, 2.75) is 19.4 Å². The van der Waals surface area contributed by atoms with Crippen LogP contribution in [-0.2, 0) is 13.0 Å². The molecule has 0 bridgehead atoms. The van der Waals surface area contributed by atoms with Crippen molar-refractivity contribution in [3.8, 4) is 6.07 Å². The molecule has 1 aliphatic rings. The number of benzene rings is 1. The van der Waals surface area contributed by atoms with Crippen LogP contribution in [0.5, 0.6) is 0 Å². The van der Waals surface area contributed by atoms with Gasteiger partial charge in [-0.05, 0) is 30.5 Å². The number of fused-ring (bicyclic) bond motifs is 1. The SMILES string of the molecule is CN(C[C@H]1CCn2ccnc2C1)C(=O)c1cccc(C#N)c1. The second kappa shape index (κ2) is 6.02. The van der Waals surface area contributed by atoms with Crippen molar-refractivity contribution < 1.29 is 4.79 Å². The molecule has 112 valence electrons. The Kier molecular flexibility index (Phi) is 3.92. The Morgan fingerprint density at radius 2 is 2.41 bits per heavy atom. The third-order valence-electron chi connectivity index (χ3n) is 4.17.